The monoisotopic (exact) mass is 320 g/mol. The van der Waals surface area contributed by atoms with Gasteiger partial charge >= 0.3 is 6.03 Å². The van der Waals surface area contributed by atoms with Crippen molar-refractivity contribution in [1.82, 2.24) is 5.32 Å². The van der Waals surface area contributed by atoms with Crippen molar-refractivity contribution in [1.29, 1.82) is 0 Å². The van der Waals surface area contributed by atoms with Gasteiger partial charge in [0, 0.05) is 10.7 Å². The van der Waals surface area contributed by atoms with Crippen LogP contribution in [0.25, 0.3) is 0 Å². The molecule has 6 heteroatoms. The van der Waals surface area contributed by atoms with Crippen molar-refractivity contribution in [3.05, 3.63) is 53.6 Å². The van der Waals surface area contributed by atoms with Crippen LogP contribution in [0, 0.1) is 0 Å². The summed E-state index contributed by atoms with van der Waals surface area (Å²) in [5.74, 6) is 1.49. The van der Waals surface area contributed by atoms with Crippen molar-refractivity contribution in [3.8, 4) is 11.5 Å². The van der Waals surface area contributed by atoms with Crippen molar-refractivity contribution in [2.75, 3.05) is 25.6 Å². The molecule has 0 aliphatic rings. The summed E-state index contributed by atoms with van der Waals surface area (Å²) < 4.78 is 10.6. The van der Waals surface area contributed by atoms with Gasteiger partial charge in [-0.25, -0.2) is 4.79 Å². The summed E-state index contributed by atoms with van der Waals surface area (Å²) in [5.41, 5.74) is 0.679. The molecule has 0 saturated carbocycles. The molecule has 0 saturated heterocycles. The Morgan fingerprint density at radius 2 is 1.68 bits per heavy atom. The number of hydrogen-bond donors (Lipinski definition) is 2. The summed E-state index contributed by atoms with van der Waals surface area (Å²) in [6.07, 6.45) is 0. The highest BCUT2D eigenvalue weighted by Crippen LogP contribution is 2.16. The number of amides is 2. The summed E-state index contributed by atoms with van der Waals surface area (Å²) in [7, 11) is 1.61. The molecular weight excluding hydrogens is 304 g/mol. The number of urea groups is 1. The highest BCUT2D eigenvalue weighted by Gasteiger charge is 2.01. The molecule has 0 heterocycles. The van der Waals surface area contributed by atoms with Crippen LogP contribution in [0.1, 0.15) is 0 Å². The fourth-order valence-corrected chi connectivity index (χ4v) is 1.84. The zero-order valence-electron chi connectivity index (χ0n) is 12.1. The number of rotatable bonds is 6. The molecule has 0 fully saturated rings. The molecule has 0 aliphatic heterocycles. The number of ether oxygens (including phenoxy) is 2. The van der Waals surface area contributed by atoms with E-state index in [1.165, 1.54) is 0 Å². The SMILES string of the molecule is COc1ccc(OCCNC(=O)Nc2ccc(Cl)cc2)cc1. The standard InChI is InChI=1S/C16H17ClN2O3/c1-21-14-6-8-15(9-7-14)22-11-10-18-16(20)19-13-4-2-12(17)3-5-13/h2-9H,10-11H2,1H3,(H2,18,19,20). The lowest BCUT2D eigenvalue weighted by molar-refractivity contribution is 0.247. The average molecular weight is 321 g/mol. The van der Waals surface area contributed by atoms with E-state index in [-0.39, 0.29) is 6.03 Å². The second kappa shape index (κ2) is 8.14. The first-order chi connectivity index (χ1) is 10.7. The molecule has 0 bridgehead atoms. The number of benzene rings is 2. The molecule has 2 N–H and O–H groups in total. The van der Waals surface area contributed by atoms with Crippen LogP contribution in [0.2, 0.25) is 5.02 Å². The van der Waals surface area contributed by atoms with Crippen LogP contribution in [0.4, 0.5) is 10.5 Å². The Bertz CT molecular complexity index is 600. The van der Waals surface area contributed by atoms with Gasteiger partial charge in [0.1, 0.15) is 18.1 Å². The van der Waals surface area contributed by atoms with Crippen molar-refractivity contribution in [2.24, 2.45) is 0 Å². The number of methoxy groups -OCH3 is 1. The Morgan fingerprint density at radius 3 is 2.32 bits per heavy atom. The number of hydrogen-bond acceptors (Lipinski definition) is 3. The van der Waals surface area contributed by atoms with Crippen LogP contribution in [0.3, 0.4) is 0 Å². The lowest BCUT2D eigenvalue weighted by atomic mass is 10.3. The first kappa shape index (κ1) is 16.0. The Hall–Kier alpha value is -2.40. The fraction of sp³-hybridized carbons (Fsp3) is 0.188. The van der Waals surface area contributed by atoms with E-state index in [2.05, 4.69) is 10.6 Å². The molecule has 5 nitrogen and oxygen atoms in total. The maximum atomic E-state index is 11.7. The van der Waals surface area contributed by atoms with Gasteiger partial charge in [0.25, 0.3) is 0 Å². The summed E-state index contributed by atoms with van der Waals surface area (Å²) in [4.78, 5) is 11.7. The van der Waals surface area contributed by atoms with E-state index in [0.29, 0.717) is 23.9 Å². The molecule has 0 spiro atoms. The summed E-state index contributed by atoms with van der Waals surface area (Å²) in [6, 6.07) is 13.9. The van der Waals surface area contributed by atoms with Gasteiger partial charge < -0.3 is 20.1 Å². The maximum absolute atomic E-state index is 11.7. The van der Waals surface area contributed by atoms with Crippen LogP contribution in [-0.4, -0.2) is 26.3 Å². The maximum Gasteiger partial charge on any atom is 0.319 e. The fourth-order valence-electron chi connectivity index (χ4n) is 1.71. The molecule has 2 aromatic rings. The number of halogens is 1. The van der Waals surface area contributed by atoms with Gasteiger partial charge in [-0.05, 0) is 48.5 Å². The number of carbonyl (C=O) groups excluding carboxylic acids is 1. The first-order valence-corrected chi connectivity index (χ1v) is 7.12. The van der Waals surface area contributed by atoms with Crippen molar-refractivity contribution in [2.45, 2.75) is 0 Å². The predicted octanol–water partition coefficient (Wildman–Crippen LogP) is 3.55. The molecule has 0 aromatic heterocycles. The highest BCUT2D eigenvalue weighted by molar-refractivity contribution is 6.30. The van der Waals surface area contributed by atoms with Crippen molar-refractivity contribution in [3.63, 3.8) is 0 Å². The third-order valence-electron chi connectivity index (χ3n) is 2.82. The number of nitrogens with one attached hydrogen (secondary N) is 2. The van der Waals surface area contributed by atoms with E-state index < -0.39 is 0 Å². The highest BCUT2D eigenvalue weighted by atomic mass is 35.5. The molecule has 2 amide bonds. The quantitative estimate of drug-likeness (QED) is 0.800. The van der Waals surface area contributed by atoms with E-state index in [9.17, 15) is 4.79 Å². The lowest BCUT2D eigenvalue weighted by Gasteiger charge is -2.09. The van der Waals surface area contributed by atoms with E-state index in [0.717, 1.165) is 11.5 Å². The minimum absolute atomic E-state index is 0.291. The minimum atomic E-state index is -0.291. The molecular formula is C16H17ClN2O3. The average Bonchev–Trinajstić information content (AvgIpc) is 2.54. The van der Waals surface area contributed by atoms with Crippen LogP contribution in [0.15, 0.2) is 48.5 Å². The molecule has 0 atom stereocenters. The third-order valence-corrected chi connectivity index (χ3v) is 3.07. The lowest BCUT2D eigenvalue weighted by Crippen LogP contribution is -2.32. The molecule has 0 radical (unpaired) electrons. The van der Waals surface area contributed by atoms with E-state index in [4.69, 9.17) is 21.1 Å². The van der Waals surface area contributed by atoms with Gasteiger partial charge in [0.15, 0.2) is 0 Å². The van der Waals surface area contributed by atoms with Gasteiger partial charge in [-0.15, -0.1) is 0 Å². The molecule has 0 unspecified atom stereocenters. The van der Waals surface area contributed by atoms with E-state index in [1.807, 2.05) is 24.3 Å². The Morgan fingerprint density at radius 1 is 1.05 bits per heavy atom. The van der Waals surface area contributed by atoms with Crippen LogP contribution < -0.4 is 20.1 Å². The van der Waals surface area contributed by atoms with Gasteiger partial charge in [0.2, 0.25) is 0 Å². The topological polar surface area (TPSA) is 59.6 Å². The first-order valence-electron chi connectivity index (χ1n) is 6.74. The van der Waals surface area contributed by atoms with Gasteiger partial charge in [0.05, 0.1) is 13.7 Å². The molecule has 2 aromatic carbocycles. The zero-order chi connectivity index (χ0) is 15.8. The minimum Gasteiger partial charge on any atom is -0.497 e. The molecule has 2 rings (SSSR count). The zero-order valence-corrected chi connectivity index (χ0v) is 12.9. The predicted molar refractivity (Wildman–Crippen MR) is 87.0 cm³/mol. The van der Waals surface area contributed by atoms with Gasteiger partial charge in [-0.2, -0.15) is 0 Å². The van der Waals surface area contributed by atoms with E-state index >= 15 is 0 Å². The number of carbonyl (C=O) groups is 1. The normalized spacial score (nSPS) is 9.91. The van der Waals surface area contributed by atoms with Gasteiger partial charge in [-0.1, -0.05) is 11.6 Å². The van der Waals surface area contributed by atoms with Crippen molar-refractivity contribution < 1.29 is 14.3 Å². The van der Waals surface area contributed by atoms with Crippen LogP contribution in [-0.2, 0) is 0 Å². The Balaban J connectivity index is 1.67. The second-order valence-corrected chi connectivity index (χ2v) is 4.85. The smallest absolute Gasteiger partial charge is 0.319 e. The van der Waals surface area contributed by atoms with Gasteiger partial charge in [-0.3, -0.25) is 0 Å². The Labute approximate surface area is 134 Å². The summed E-state index contributed by atoms with van der Waals surface area (Å²) >= 11 is 5.78. The summed E-state index contributed by atoms with van der Waals surface area (Å²) in [6.45, 7) is 0.770. The summed E-state index contributed by atoms with van der Waals surface area (Å²) in [5, 5.41) is 6.03. The third kappa shape index (κ3) is 5.18. The van der Waals surface area contributed by atoms with Crippen molar-refractivity contribution >= 4 is 23.3 Å². The largest absolute Gasteiger partial charge is 0.497 e. The Kier molecular flexibility index (Phi) is 5.91. The van der Waals surface area contributed by atoms with Crippen LogP contribution in [0.5, 0.6) is 11.5 Å². The molecule has 0 aliphatic carbocycles. The van der Waals surface area contributed by atoms with Crippen LogP contribution >= 0.6 is 11.6 Å². The second-order valence-electron chi connectivity index (χ2n) is 4.41. The molecule has 116 valence electrons. The van der Waals surface area contributed by atoms with E-state index in [1.54, 1.807) is 31.4 Å². The number of anilines is 1. The molecule has 22 heavy (non-hydrogen) atoms.